The molecule has 0 aliphatic rings. The molecule has 0 fully saturated rings. The van der Waals surface area contributed by atoms with Gasteiger partial charge in [0.05, 0.1) is 12.8 Å². The van der Waals surface area contributed by atoms with Crippen molar-refractivity contribution in [1.29, 1.82) is 0 Å². The number of aryl methyl sites for hydroxylation is 1. The second kappa shape index (κ2) is 3.96. The van der Waals surface area contributed by atoms with Crippen LogP contribution in [0.1, 0.15) is 12.5 Å². The van der Waals surface area contributed by atoms with Crippen LogP contribution in [0.25, 0.3) is 10.5 Å². The van der Waals surface area contributed by atoms with Crippen LogP contribution in [-0.4, -0.2) is 29.3 Å². The molecular weight excluding hydrogens is 254 g/mol. The monoisotopic (exact) mass is 265 g/mol. The maximum Gasteiger partial charge on any atom is 0.264 e. The number of anilines is 1. The highest BCUT2D eigenvalue weighted by Gasteiger charge is 2.22. The first-order chi connectivity index (χ1) is 8.40. The summed E-state index contributed by atoms with van der Waals surface area (Å²) in [6.07, 6.45) is 3.22. The molecular formula is C10H11N5O2S. The summed E-state index contributed by atoms with van der Waals surface area (Å²) >= 11 is 0. The average molecular weight is 265 g/mol. The maximum atomic E-state index is 11.6. The third kappa shape index (κ3) is 1.69. The van der Waals surface area contributed by atoms with Gasteiger partial charge in [-0.3, -0.25) is 0 Å². The molecule has 0 aromatic carbocycles. The van der Waals surface area contributed by atoms with E-state index in [9.17, 15) is 8.42 Å². The Labute approximate surface area is 104 Å². The first kappa shape index (κ1) is 12.3. The summed E-state index contributed by atoms with van der Waals surface area (Å²) in [5, 5.41) is 3.72. The van der Waals surface area contributed by atoms with E-state index in [4.69, 9.17) is 12.3 Å². The van der Waals surface area contributed by atoms with Gasteiger partial charge in [0.1, 0.15) is 5.82 Å². The minimum absolute atomic E-state index is 0.00451. The van der Waals surface area contributed by atoms with Crippen molar-refractivity contribution in [2.24, 2.45) is 0 Å². The van der Waals surface area contributed by atoms with Crippen molar-refractivity contribution in [2.75, 3.05) is 12.0 Å². The predicted octanol–water partition coefficient (Wildman–Crippen LogP) is 0.828. The van der Waals surface area contributed by atoms with Gasteiger partial charge in [0.15, 0.2) is 20.5 Å². The molecule has 94 valence electrons. The number of hydrogen-bond donors (Lipinski definition) is 1. The lowest BCUT2D eigenvalue weighted by Gasteiger charge is -2.06. The van der Waals surface area contributed by atoms with Gasteiger partial charge >= 0.3 is 0 Å². The van der Waals surface area contributed by atoms with Crippen LogP contribution in [-0.2, 0) is 16.3 Å². The molecule has 0 atom stereocenters. The number of nitrogens with two attached hydrogens (primary N) is 1. The summed E-state index contributed by atoms with van der Waals surface area (Å²) in [5.41, 5.74) is 6.75. The topological polar surface area (TPSA) is 94.7 Å². The Hall–Kier alpha value is -2.14. The van der Waals surface area contributed by atoms with E-state index < -0.39 is 9.84 Å². The zero-order chi connectivity index (χ0) is 13.5. The first-order valence-electron chi connectivity index (χ1n) is 5.13. The quantitative estimate of drug-likeness (QED) is 0.641. The van der Waals surface area contributed by atoms with Gasteiger partial charge in [0.2, 0.25) is 0 Å². The van der Waals surface area contributed by atoms with Gasteiger partial charge in [-0.2, -0.15) is 5.10 Å². The number of fused-ring (bicyclic) bond motifs is 1. The van der Waals surface area contributed by atoms with E-state index >= 15 is 0 Å². The summed E-state index contributed by atoms with van der Waals surface area (Å²) in [6.45, 7) is 8.93. The molecule has 0 amide bonds. The van der Waals surface area contributed by atoms with Crippen molar-refractivity contribution in [3.8, 4) is 0 Å². The largest absolute Gasteiger partial charge is 0.392 e. The zero-order valence-corrected chi connectivity index (χ0v) is 10.7. The maximum absolute atomic E-state index is 11.6. The molecule has 8 heteroatoms. The third-order valence-corrected chi connectivity index (χ3v) is 3.53. The molecule has 2 heterocycles. The van der Waals surface area contributed by atoms with Crippen LogP contribution < -0.4 is 5.73 Å². The second-order valence-corrected chi connectivity index (χ2v) is 5.72. The Morgan fingerprint density at radius 1 is 1.56 bits per heavy atom. The molecule has 0 aliphatic carbocycles. The summed E-state index contributed by atoms with van der Waals surface area (Å²) in [6, 6.07) is 0. The van der Waals surface area contributed by atoms with Crippen LogP contribution in [0.4, 0.5) is 11.5 Å². The van der Waals surface area contributed by atoms with E-state index in [0.29, 0.717) is 12.1 Å². The predicted molar refractivity (Wildman–Crippen MR) is 66.1 cm³/mol. The molecule has 0 spiro atoms. The molecule has 2 aromatic rings. The molecule has 2 rings (SSSR count). The number of sulfone groups is 1. The molecule has 0 aliphatic heterocycles. The van der Waals surface area contributed by atoms with Crippen molar-refractivity contribution < 1.29 is 8.42 Å². The number of rotatable bonds is 2. The van der Waals surface area contributed by atoms with Crippen LogP contribution in [0.5, 0.6) is 0 Å². The molecule has 0 saturated carbocycles. The van der Waals surface area contributed by atoms with Crippen LogP contribution in [0, 0.1) is 6.57 Å². The average Bonchev–Trinajstić information content (AvgIpc) is 2.71. The van der Waals surface area contributed by atoms with Gasteiger partial charge < -0.3 is 5.73 Å². The van der Waals surface area contributed by atoms with Crippen molar-refractivity contribution >= 4 is 27.0 Å². The van der Waals surface area contributed by atoms with Gasteiger partial charge in [0.25, 0.3) is 5.69 Å². The van der Waals surface area contributed by atoms with Crippen LogP contribution in [0.2, 0.25) is 0 Å². The molecule has 0 unspecified atom stereocenters. The lowest BCUT2D eigenvalue weighted by Crippen LogP contribution is -2.08. The van der Waals surface area contributed by atoms with Gasteiger partial charge in [-0.1, -0.05) is 6.92 Å². The van der Waals surface area contributed by atoms with Gasteiger partial charge in [0, 0.05) is 11.8 Å². The SMILES string of the molecule is [C-]#[N+]c1c(S(C)(=O)=O)nc2c(CC)cnn2c1N. The van der Waals surface area contributed by atoms with Crippen LogP contribution >= 0.6 is 0 Å². The van der Waals surface area contributed by atoms with Crippen molar-refractivity contribution in [2.45, 2.75) is 18.4 Å². The Balaban J connectivity index is 2.99. The Morgan fingerprint density at radius 3 is 2.72 bits per heavy atom. The third-order valence-electron chi connectivity index (χ3n) is 2.54. The summed E-state index contributed by atoms with van der Waals surface area (Å²) < 4.78 is 24.6. The normalized spacial score (nSPS) is 11.6. The van der Waals surface area contributed by atoms with E-state index in [1.807, 2.05) is 6.92 Å². The molecule has 0 radical (unpaired) electrons. The lowest BCUT2D eigenvalue weighted by molar-refractivity contribution is 0.599. The summed E-state index contributed by atoms with van der Waals surface area (Å²) in [5.74, 6) is -0.00451. The number of nitrogen functional groups attached to an aromatic ring is 1. The van der Waals surface area contributed by atoms with E-state index in [1.165, 1.54) is 4.52 Å². The van der Waals surface area contributed by atoms with E-state index in [0.717, 1.165) is 11.8 Å². The fourth-order valence-corrected chi connectivity index (χ4v) is 2.40. The molecule has 0 bridgehead atoms. The van der Waals surface area contributed by atoms with E-state index in [-0.39, 0.29) is 16.5 Å². The Kier molecular flexibility index (Phi) is 2.71. The number of aromatic nitrogens is 3. The summed E-state index contributed by atoms with van der Waals surface area (Å²) in [7, 11) is -3.61. The fraction of sp³-hybridized carbons (Fsp3) is 0.300. The lowest BCUT2D eigenvalue weighted by atomic mass is 10.3. The standard InChI is InChI=1S/C10H11N5O2S/c1-4-6-5-13-15-8(11)7(12-2)10(14-9(6)15)18(3,16)17/h5H,4,11H2,1,3H3. The Bertz CT molecular complexity index is 770. The first-order valence-corrected chi connectivity index (χ1v) is 7.02. The van der Waals surface area contributed by atoms with E-state index in [1.54, 1.807) is 6.20 Å². The molecule has 0 saturated heterocycles. The number of nitrogens with zero attached hydrogens (tertiary/aromatic N) is 4. The van der Waals surface area contributed by atoms with Crippen LogP contribution in [0.3, 0.4) is 0 Å². The second-order valence-electron chi connectivity index (χ2n) is 3.79. The van der Waals surface area contributed by atoms with Crippen molar-refractivity contribution in [1.82, 2.24) is 14.6 Å². The van der Waals surface area contributed by atoms with Crippen molar-refractivity contribution in [3.63, 3.8) is 0 Å². The van der Waals surface area contributed by atoms with Gasteiger partial charge in [-0.05, 0) is 6.42 Å². The highest BCUT2D eigenvalue weighted by molar-refractivity contribution is 7.90. The molecule has 2 N–H and O–H groups in total. The highest BCUT2D eigenvalue weighted by atomic mass is 32.2. The minimum Gasteiger partial charge on any atom is -0.392 e. The van der Waals surface area contributed by atoms with Gasteiger partial charge in [-0.15, -0.1) is 0 Å². The highest BCUT2D eigenvalue weighted by Crippen LogP contribution is 2.30. The van der Waals surface area contributed by atoms with Crippen LogP contribution in [0.15, 0.2) is 11.2 Å². The molecule has 2 aromatic heterocycles. The van der Waals surface area contributed by atoms with Crippen molar-refractivity contribution in [3.05, 3.63) is 23.2 Å². The Morgan fingerprint density at radius 2 is 2.22 bits per heavy atom. The molecule has 7 nitrogen and oxygen atoms in total. The zero-order valence-electron chi connectivity index (χ0n) is 9.88. The smallest absolute Gasteiger partial charge is 0.264 e. The summed E-state index contributed by atoms with van der Waals surface area (Å²) in [4.78, 5) is 7.17. The van der Waals surface area contributed by atoms with E-state index in [2.05, 4.69) is 14.9 Å². The fourth-order valence-electron chi connectivity index (χ4n) is 1.64. The number of hydrogen-bond acceptors (Lipinski definition) is 5. The molecule has 18 heavy (non-hydrogen) atoms. The minimum atomic E-state index is -3.61. The van der Waals surface area contributed by atoms with Gasteiger partial charge in [-0.25, -0.2) is 22.8 Å².